The Kier molecular flexibility index (Phi) is 9.52. The zero-order valence-electron chi connectivity index (χ0n) is 22.7. The number of rotatable bonds is 6. The molecule has 2 aromatic rings. The van der Waals surface area contributed by atoms with Crippen molar-refractivity contribution in [2.45, 2.75) is 80.5 Å². The van der Waals surface area contributed by atoms with Crippen molar-refractivity contribution >= 4 is 52.8 Å². The van der Waals surface area contributed by atoms with Crippen LogP contribution in [0, 0.1) is 6.92 Å². The van der Waals surface area contributed by atoms with E-state index < -0.39 is 17.2 Å². The second kappa shape index (κ2) is 12.5. The number of carbonyl (C=O) groups excluding carboxylic acids is 2. The number of amides is 2. The molecule has 0 radical (unpaired) electrons. The lowest BCUT2D eigenvalue weighted by Gasteiger charge is -2.42. The first-order chi connectivity index (χ1) is 18.5. The minimum Gasteiger partial charge on any atom is -0.444 e. The van der Waals surface area contributed by atoms with Crippen molar-refractivity contribution in [1.82, 2.24) is 20.6 Å². The molecule has 0 atom stereocenters. The number of ether oxygens (including phenoxy) is 2. The van der Waals surface area contributed by atoms with E-state index >= 15 is 0 Å². The van der Waals surface area contributed by atoms with Crippen molar-refractivity contribution in [3.63, 3.8) is 0 Å². The molecule has 0 spiro atoms. The minimum absolute atomic E-state index is 0.0214. The Morgan fingerprint density at radius 3 is 2.51 bits per heavy atom. The van der Waals surface area contributed by atoms with Crippen molar-refractivity contribution < 1.29 is 19.1 Å². The maximum atomic E-state index is 13.6. The smallest absolute Gasteiger partial charge is 0.408 e. The van der Waals surface area contributed by atoms with E-state index in [0.29, 0.717) is 55.0 Å². The lowest BCUT2D eigenvalue weighted by Crippen LogP contribution is -2.65. The van der Waals surface area contributed by atoms with E-state index in [4.69, 9.17) is 37.7 Å². The maximum Gasteiger partial charge on any atom is 0.408 e. The third kappa shape index (κ3) is 7.68. The van der Waals surface area contributed by atoms with Gasteiger partial charge in [-0.3, -0.25) is 4.79 Å². The molecule has 1 aromatic heterocycles. The molecule has 212 valence electrons. The number of halogens is 2. The van der Waals surface area contributed by atoms with Gasteiger partial charge in [-0.05, 0) is 65.5 Å². The summed E-state index contributed by atoms with van der Waals surface area (Å²) in [6.45, 7) is 9.54. The molecule has 2 saturated heterocycles. The molecule has 1 aromatic carbocycles. The number of piperidine rings is 1. The predicted molar refractivity (Wildman–Crippen MR) is 153 cm³/mol. The number of benzene rings is 1. The Morgan fingerprint density at radius 2 is 1.87 bits per heavy atom. The Morgan fingerprint density at radius 1 is 1.18 bits per heavy atom. The fraction of sp³-hybridized carbons (Fsp3) is 0.556. The number of anilines is 1. The van der Waals surface area contributed by atoms with E-state index in [0.717, 1.165) is 28.5 Å². The highest BCUT2D eigenvalue weighted by atomic mass is 35.5. The molecule has 2 amide bonds. The first kappa shape index (κ1) is 29.7. The van der Waals surface area contributed by atoms with Crippen LogP contribution in [0.1, 0.15) is 52.1 Å². The van der Waals surface area contributed by atoms with Crippen LogP contribution < -0.4 is 15.5 Å². The first-order valence-electron chi connectivity index (χ1n) is 13.1. The van der Waals surface area contributed by atoms with Gasteiger partial charge in [0.1, 0.15) is 22.0 Å². The van der Waals surface area contributed by atoms with Gasteiger partial charge < -0.3 is 25.0 Å². The lowest BCUT2D eigenvalue weighted by atomic mass is 9.86. The third-order valence-electron chi connectivity index (χ3n) is 6.68. The number of carbonyl (C=O) groups is 2. The largest absolute Gasteiger partial charge is 0.444 e. The molecule has 0 aliphatic carbocycles. The van der Waals surface area contributed by atoms with Gasteiger partial charge in [0.15, 0.2) is 0 Å². The van der Waals surface area contributed by atoms with E-state index in [2.05, 4.69) is 20.5 Å². The zero-order valence-corrected chi connectivity index (χ0v) is 25.0. The summed E-state index contributed by atoms with van der Waals surface area (Å²) >= 11 is 13.9. The van der Waals surface area contributed by atoms with Crippen LogP contribution in [0.5, 0.6) is 0 Å². The van der Waals surface area contributed by atoms with Gasteiger partial charge >= 0.3 is 6.09 Å². The van der Waals surface area contributed by atoms with Crippen molar-refractivity contribution in [3.05, 3.63) is 40.1 Å². The van der Waals surface area contributed by atoms with Crippen LogP contribution in [0.15, 0.2) is 34.3 Å². The van der Waals surface area contributed by atoms with Crippen LogP contribution in [-0.4, -0.2) is 65.5 Å². The number of nitrogens with zero attached hydrogens (tertiary/aromatic N) is 3. The van der Waals surface area contributed by atoms with Gasteiger partial charge in [0.25, 0.3) is 0 Å². The van der Waals surface area contributed by atoms with E-state index in [1.165, 1.54) is 11.8 Å². The average molecular weight is 597 g/mol. The molecule has 2 fully saturated rings. The molecular weight excluding hydrogens is 561 g/mol. The van der Waals surface area contributed by atoms with Crippen molar-refractivity contribution in [2.75, 3.05) is 31.2 Å². The zero-order chi connectivity index (χ0) is 28.2. The fourth-order valence-corrected chi connectivity index (χ4v) is 5.89. The van der Waals surface area contributed by atoms with Crippen molar-refractivity contribution in [2.24, 2.45) is 0 Å². The molecule has 0 unspecified atom stereocenters. The molecule has 39 heavy (non-hydrogen) atoms. The second-order valence-corrected chi connectivity index (χ2v) is 12.6. The molecule has 2 aliphatic heterocycles. The summed E-state index contributed by atoms with van der Waals surface area (Å²) in [5.74, 6) is 0.525. The Labute approximate surface area is 243 Å². The summed E-state index contributed by atoms with van der Waals surface area (Å²) in [7, 11) is 0. The fourth-order valence-electron chi connectivity index (χ4n) is 4.57. The maximum absolute atomic E-state index is 13.6. The van der Waals surface area contributed by atoms with Crippen LogP contribution in [0.2, 0.25) is 10.0 Å². The average Bonchev–Trinajstić information content (AvgIpc) is 2.87. The lowest BCUT2D eigenvalue weighted by molar-refractivity contribution is -0.130. The molecule has 0 saturated carbocycles. The summed E-state index contributed by atoms with van der Waals surface area (Å²) in [5, 5.41) is 7.76. The van der Waals surface area contributed by atoms with E-state index in [1.54, 1.807) is 33.0 Å². The first-order valence-corrected chi connectivity index (χ1v) is 14.6. The van der Waals surface area contributed by atoms with Gasteiger partial charge in [0.2, 0.25) is 5.91 Å². The number of aromatic nitrogens is 2. The van der Waals surface area contributed by atoms with Gasteiger partial charge in [-0.25, -0.2) is 14.8 Å². The number of nitrogens with one attached hydrogen (secondary N) is 2. The molecule has 3 heterocycles. The summed E-state index contributed by atoms with van der Waals surface area (Å²) in [6.07, 6.45) is 3.42. The highest BCUT2D eigenvalue weighted by Gasteiger charge is 2.44. The number of alkyl carbamates (subject to hydrolysis) is 1. The van der Waals surface area contributed by atoms with Crippen LogP contribution in [-0.2, 0) is 14.3 Å². The van der Waals surface area contributed by atoms with Crippen LogP contribution in [0.4, 0.5) is 10.6 Å². The number of hydrogen-bond donors (Lipinski definition) is 2. The highest BCUT2D eigenvalue weighted by molar-refractivity contribution is 7.99. The predicted octanol–water partition coefficient (Wildman–Crippen LogP) is 5.40. The summed E-state index contributed by atoms with van der Waals surface area (Å²) in [6, 6.07) is 5.50. The van der Waals surface area contributed by atoms with Gasteiger partial charge in [0, 0.05) is 37.2 Å². The third-order valence-corrected chi connectivity index (χ3v) is 8.77. The SMILES string of the molecule is Cc1nc(N2CCC(NC(=O)OC(C)(C)C)(C(=O)NC3CCOCC3)CC2)cnc1Sc1cccc(Cl)c1Cl. The summed E-state index contributed by atoms with van der Waals surface area (Å²) < 4.78 is 10.9. The van der Waals surface area contributed by atoms with E-state index in [-0.39, 0.29) is 11.9 Å². The van der Waals surface area contributed by atoms with E-state index in [9.17, 15) is 9.59 Å². The van der Waals surface area contributed by atoms with Gasteiger partial charge in [-0.2, -0.15) is 0 Å². The van der Waals surface area contributed by atoms with Gasteiger partial charge in [-0.1, -0.05) is 41.0 Å². The normalized spacial score (nSPS) is 17.9. The van der Waals surface area contributed by atoms with Gasteiger partial charge in [-0.15, -0.1) is 0 Å². The monoisotopic (exact) mass is 595 g/mol. The minimum atomic E-state index is -1.08. The van der Waals surface area contributed by atoms with Crippen LogP contribution in [0.3, 0.4) is 0 Å². The molecule has 4 rings (SSSR count). The quantitative estimate of drug-likeness (QED) is 0.457. The standard InChI is InChI=1S/C27H35Cl2N5O4S/c1-17-23(39-20-7-5-6-19(28)22(20)29)30-16-21(31-17)34-12-10-27(11-13-34,33-25(36)38-26(2,3)4)24(35)32-18-8-14-37-15-9-18/h5-7,16,18H,8-15H2,1-4H3,(H,32,35)(H,33,36). The molecule has 2 N–H and O–H groups in total. The molecule has 9 nitrogen and oxygen atoms in total. The van der Waals surface area contributed by atoms with Crippen molar-refractivity contribution in [3.8, 4) is 0 Å². The summed E-state index contributed by atoms with van der Waals surface area (Å²) in [5.41, 5.74) is -1.00. The second-order valence-electron chi connectivity index (χ2n) is 10.8. The molecule has 0 bridgehead atoms. The van der Waals surface area contributed by atoms with Crippen molar-refractivity contribution in [1.29, 1.82) is 0 Å². The molecular formula is C27H35Cl2N5O4S. The van der Waals surface area contributed by atoms with E-state index in [1.807, 2.05) is 19.1 Å². The Hall–Kier alpha value is -2.27. The van der Waals surface area contributed by atoms with Crippen LogP contribution in [0.25, 0.3) is 0 Å². The Balaban J connectivity index is 1.46. The number of aryl methyl sites for hydroxylation is 1. The topological polar surface area (TPSA) is 106 Å². The number of hydrogen-bond acceptors (Lipinski definition) is 8. The van der Waals surface area contributed by atoms with Gasteiger partial charge in [0.05, 0.1) is 21.9 Å². The Bertz CT molecular complexity index is 1200. The van der Waals surface area contributed by atoms with Crippen LogP contribution >= 0.6 is 35.0 Å². The molecule has 12 heteroatoms. The molecule has 2 aliphatic rings. The summed E-state index contributed by atoms with van der Waals surface area (Å²) in [4.78, 5) is 38.6. The highest BCUT2D eigenvalue weighted by Crippen LogP contribution is 2.37.